The summed E-state index contributed by atoms with van der Waals surface area (Å²) in [4.78, 5) is 12.0. The number of benzene rings is 2. The topological polar surface area (TPSA) is 40.9 Å². The first-order chi connectivity index (χ1) is 7.83. The number of rotatable bonds is 0. The van der Waals surface area contributed by atoms with Crippen molar-refractivity contribution in [3.05, 3.63) is 51.8 Å². The summed E-state index contributed by atoms with van der Waals surface area (Å²) >= 11 is 0. The number of hydrogen-bond donors (Lipinski definition) is 0. The first-order valence-electron chi connectivity index (χ1n) is 4.99. The van der Waals surface area contributed by atoms with E-state index in [1.165, 1.54) is 6.08 Å². The van der Waals surface area contributed by atoms with Crippen LogP contribution in [0.3, 0.4) is 0 Å². The van der Waals surface area contributed by atoms with Crippen molar-refractivity contribution in [2.45, 2.75) is 0 Å². The van der Waals surface area contributed by atoms with Gasteiger partial charge in [-0.1, -0.05) is 36.4 Å². The van der Waals surface area contributed by atoms with Gasteiger partial charge in [-0.2, -0.15) is 5.26 Å². The molecule has 0 spiro atoms. The van der Waals surface area contributed by atoms with Gasteiger partial charge in [0.25, 0.3) is 0 Å². The minimum Gasteiger partial charge on any atom is -0.289 e. The largest absolute Gasteiger partial charge is 0.289 e. The molecule has 2 nitrogen and oxygen atoms in total. The zero-order valence-electron chi connectivity index (χ0n) is 8.40. The molecule has 0 saturated carbocycles. The molecule has 0 aliphatic carbocycles. The van der Waals surface area contributed by atoms with Crippen molar-refractivity contribution in [1.82, 2.24) is 0 Å². The van der Waals surface area contributed by atoms with Gasteiger partial charge in [0.1, 0.15) is 0 Å². The minimum atomic E-state index is -0.0478. The normalized spacial score (nSPS) is 12.3. The van der Waals surface area contributed by atoms with Gasteiger partial charge in [0.2, 0.25) is 0 Å². The first-order valence-corrected chi connectivity index (χ1v) is 4.99. The summed E-state index contributed by atoms with van der Waals surface area (Å²) in [7, 11) is 0. The number of nitriles is 1. The van der Waals surface area contributed by atoms with Crippen LogP contribution in [0, 0.1) is 11.3 Å². The predicted octanol–water partition coefficient (Wildman–Crippen LogP) is 1.81. The molecule has 3 aromatic rings. The van der Waals surface area contributed by atoms with Crippen LogP contribution in [0.4, 0.5) is 0 Å². The second kappa shape index (κ2) is 3.04. The molecule has 0 aliphatic heterocycles. The average molecular weight is 205 g/mol. The Morgan fingerprint density at radius 3 is 2.44 bits per heavy atom. The lowest BCUT2D eigenvalue weighted by molar-refractivity contribution is 1.54. The van der Waals surface area contributed by atoms with Crippen LogP contribution in [0.1, 0.15) is 0 Å². The fraction of sp³-hybridized carbons (Fsp3) is 0. The molecule has 0 amide bonds. The van der Waals surface area contributed by atoms with E-state index < -0.39 is 0 Å². The van der Waals surface area contributed by atoms with Crippen LogP contribution in [-0.2, 0) is 0 Å². The molecule has 0 heterocycles. The maximum atomic E-state index is 12.0. The van der Waals surface area contributed by atoms with E-state index in [1.807, 2.05) is 42.5 Å². The van der Waals surface area contributed by atoms with Gasteiger partial charge in [-0.25, -0.2) is 0 Å². The maximum absolute atomic E-state index is 12.0. The molecule has 2 heteroatoms. The molecule has 16 heavy (non-hydrogen) atoms. The molecule has 0 saturated heterocycles. The third-order valence-corrected chi connectivity index (χ3v) is 2.89. The molecular weight excluding hydrogens is 198 g/mol. The van der Waals surface area contributed by atoms with Crippen molar-refractivity contribution in [3.8, 4) is 6.07 Å². The minimum absolute atomic E-state index is 0.0478. The Balaban J connectivity index is 2.81. The Labute approximate surface area is 91.4 Å². The summed E-state index contributed by atoms with van der Waals surface area (Å²) in [6.45, 7) is 0. The number of hydrogen-bond acceptors (Lipinski definition) is 2. The van der Waals surface area contributed by atoms with E-state index in [2.05, 4.69) is 0 Å². The second-order valence-electron chi connectivity index (χ2n) is 3.73. The SMILES string of the molecule is N#C/C=c1/c(=O)c2cccc3cccc1c32. The molecule has 0 fully saturated rings. The molecule has 0 atom stereocenters. The van der Waals surface area contributed by atoms with Crippen molar-refractivity contribution in [2.24, 2.45) is 0 Å². The highest BCUT2D eigenvalue weighted by Crippen LogP contribution is 2.22. The van der Waals surface area contributed by atoms with Crippen LogP contribution in [0.25, 0.3) is 27.6 Å². The van der Waals surface area contributed by atoms with E-state index in [-0.39, 0.29) is 5.43 Å². The Morgan fingerprint density at radius 2 is 1.75 bits per heavy atom. The lowest BCUT2D eigenvalue weighted by Crippen LogP contribution is -2.18. The predicted molar refractivity (Wildman–Crippen MR) is 64.2 cm³/mol. The van der Waals surface area contributed by atoms with Crippen molar-refractivity contribution in [2.75, 3.05) is 0 Å². The Kier molecular flexibility index (Phi) is 1.69. The van der Waals surface area contributed by atoms with Gasteiger partial charge in [-0.15, -0.1) is 0 Å². The van der Waals surface area contributed by atoms with Crippen molar-refractivity contribution in [1.29, 1.82) is 5.26 Å². The quantitative estimate of drug-likeness (QED) is 0.561. The Morgan fingerprint density at radius 1 is 1.06 bits per heavy atom. The molecule has 0 radical (unpaired) electrons. The summed E-state index contributed by atoms with van der Waals surface area (Å²) in [5.74, 6) is 0. The van der Waals surface area contributed by atoms with Crippen molar-refractivity contribution >= 4 is 27.6 Å². The molecule has 0 aromatic heterocycles. The van der Waals surface area contributed by atoms with E-state index in [1.54, 1.807) is 0 Å². The Hall–Kier alpha value is -2.40. The third-order valence-electron chi connectivity index (χ3n) is 2.89. The van der Waals surface area contributed by atoms with Gasteiger partial charge in [-0.05, 0) is 10.8 Å². The fourth-order valence-electron chi connectivity index (χ4n) is 2.23. The van der Waals surface area contributed by atoms with Crippen LogP contribution in [0.15, 0.2) is 41.2 Å². The maximum Gasteiger partial charge on any atom is 0.195 e. The molecular formula is C14H7NO. The smallest absolute Gasteiger partial charge is 0.195 e. The van der Waals surface area contributed by atoms with Gasteiger partial charge in [0.15, 0.2) is 5.43 Å². The fourth-order valence-corrected chi connectivity index (χ4v) is 2.23. The van der Waals surface area contributed by atoms with E-state index >= 15 is 0 Å². The van der Waals surface area contributed by atoms with Crippen LogP contribution in [-0.4, -0.2) is 0 Å². The van der Waals surface area contributed by atoms with Gasteiger partial charge in [0, 0.05) is 22.1 Å². The molecule has 74 valence electrons. The first kappa shape index (κ1) is 8.87. The summed E-state index contributed by atoms with van der Waals surface area (Å²) in [6.07, 6.45) is 1.33. The zero-order valence-corrected chi connectivity index (χ0v) is 8.40. The van der Waals surface area contributed by atoms with Crippen molar-refractivity contribution in [3.63, 3.8) is 0 Å². The highest BCUT2D eigenvalue weighted by Gasteiger charge is 2.09. The zero-order chi connectivity index (χ0) is 11.1. The highest BCUT2D eigenvalue weighted by molar-refractivity contribution is 6.11. The lowest BCUT2D eigenvalue weighted by atomic mass is 10.1. The molecule has 0 bridgehead atoms. The summed E-state index contributed by atoms with van der Waals surface area (Å²) < 4.78 is 0. The van der Waals surface area contributed by atoms with Crippen molar-refractivity contribution < 1.29 is 0 Å². The standard InChI is InChI=1S/C14H7NO/c15-8-7-11-10-5-1-3-9-4-2-6-12(13(9)10)14(11)16/h1-7H/b11-7+. The Bertz CT molecular complexity index is 822. The van der Waals surface area contributed by atoms with E-state index in [0.29, 0.717) is 10.6 Å². The molecule has 0 unspecified atom stereocenters. The molecule has 3 rings (SSSR count). The highest BCUT2D eigenvalue weighted by atomic mass is 16.1. The summed E-state index contributed by atoms with van der Waals surface area (Å²) in [5.41, 5.74) is -0.0478. The average Bonchev–Trinajstić information content (AvgIpc) is 2.58. The third kappa shape index (κ3) is 0.973. The van der Waals surface area contributed by atoms with E-state index in [4.69, 9.17) is 5.26 Å². The molecule has 0 aliphatic rings. The summed E-state index contributed by atoms with van der Waals surface area (Å²) in [6, 6.07) is 13.4. The van der Waals surface area contributed by atoms with Gasteiger partial charge in [-0.3, -0.25) is 4.79 Å². The van der Waals surface area contributed by atoms with E-state index in [0.717, 1.165) is 16.2 Å². The van der Waals surface area contributed by atoms with Crippen LogP contribution in [0.5, 0.6) is 0 Å². The summed E-state index contributed by atoms with van der Waals surface area (Å²) in [5, 5.41) is 12.8. The monoisotopic (exact) mass is 205 g/mol. The molecule has 0 N–H and O–H groups in total. The van der Waals surface area contributed by atoms with E-state index in [9.17, 15) is 4.79 Å². The van der Waals surface area contributed by atoms with Crippen LogP contribution in [0.2, 0.25) is 0 Å². The number of nitrogens with zero attached hydrogens (tertiary/aromatic N) is 1. The van der Waals surface area contributed by atoms with Crippen LogP contribution < -0.4 is 10.6 Å². The van der Waals surface area contributed by atoms with Gasteiger partial charge < -0.3 is 0 Å². The lowest BCUT2D eigenvalue weighted by Gasteiger charge is -1.95. The van der Waals surface area contributed by atoms with Gasteiger partial charge in [0.05, 0.1) is 6.07 Å². The van der Waals surface area contributed by atoms with Gasteiger partial charge >= 0.3 is 0 Å². The molecule has 3 aromatic carbocycles. The van der Waals surface area contributed by atoms with Crippen LogP contribution >= 0.6 is 0 Å². The second-order valence-corrected chi connectivity index (χ2v) is 3.73.